The minimum atomic E-state index is -0.130. The maximum Gasteiger partial charge on any atom is 0.156 e. The van der Waals surface area contributed by atoms with Gasteiger partial charge < -0.3 is 15.3 Å². The molecule has 0 saturated heterocycles. The third-order valence-electron chi connectivity index (χ3n) is 2.69. The number of aryl methyl sites for hydroxylation is 1. The topological polar surface area (TPSA) is 61.3 Å². The Bertz CT molecular complexity index is 391. The maximum atomic E-state index is 9.10. The van der Waals surface area contributed by atoms with Gasteiger partial charge in [-0.1, -0.05) is 0 Å². The lowest BCUT2D eigenvalue weighted by atomic mass is 10.0. The fourth-order valence-corrected chi connectivity index (χ4v) is 1.68. The van der Waals surface area contributed by atoms with Crippen LogP contribution in [0.1, 0.15) is 31.8 Å². The number of aromatic nitrogens is 2. The third kappa shape index (κ3) is 4.98. The largest absolute Gasteiger partial charge is 0.388 e. The SMILES string of the molecule is Cc1cc(NC(C)(C)CCN(C)C)nc(CO)n1. The summed E-state index contributed by atoms with van der Waals surface area (Å²) in [5.41, 5.74) is 0.817. The molecule has 0 aromatic carbocycles. The van der Waals surface area contributed by atoms with Crippen molar-refractivity contribution in [3.05, 3.63) is 17.6 Å². The fraction of sp³-hybridized carbons (Fsp3) is 0.692. The van der Waals surface area contributed by atoms with E-state index in [1.165, 1.54) is 0 Å². The lowest BCUT2D eigenvalue weighted by Gasteiger charge is -2.28. The van der Waals surface area contributed by atoms with Gasteiger partial charge in [-0.2, -0.15) is 0 Å². The van der Waals surface area contributed by atoms with Crippen molar-refractivity contribution in [1.82, 2.24) is 14.9 Å². The highest BCUT2D eigenvalue weighted by molar-refractivity contribution is 5.38. The van der Waals surface area contributed by atoms with Crippen molar-refractivity contribution in [1.29, 1.82) is 0 Å². The molecular weight excluding hydrogens is 228 g/mol. The Labute approximate surface area is 109 Å². The molecule has 0 aliphatic rings. The summed E-state index contributed by atoms with van der Waals surface area (Å²) in [6, 6.07) is 1.90. The normalized spacial score (nSPS) is 11.9. The van der Waals surface area contributed by atoms with Crippen LogP contribution in [-0.2, 0) is 6.61 Å². The van der Waals surface area contributed by atoms with E-state index in [0.717, 1.165) is 24.5 Å². The van der Waals surface area contributed by atoms with Crippen molar-refractivity contribution in [3.63, 3.8) is 0 Å². The van der Waals surface area contributed by atoms with E-state index in [1.807, 2.05) is 13.0 Å². The number of nitrogens with zero attached hydrogens (tertiary/aromatic N) is 3. The van der Waals surface area contributed by atoms with Gasteiger partial charge in [-0.05, 0) is 47.8 Å². The van der Waals surface area contributed by atoms with E-state index in [9.17, 15) is 0 Å². The van der Waals surface area contributed by atoms with Gasteiger partial charge in [0.25, 0.3) is 0 Å². The molecule has 1 aromatic heterocycles. The molecule has 2 N–H and O–H groups in total. The molecule has 0 fully saturated rings. The maximum absolute atomic E-state index is 9.10. The molecule has 102 valence electrons. The van der Waals surface area contributed by atoms with Gasteiger partial charge in [0.05, 0.1) is 0 Å². The predicted molar refractivity (Wildman–Crippen MR) is 73.6 cm³/mol. The molecule has 0 amide bonds. The predicted octanol–water partition coefficient (Wildman–Crippen LogP) is 1.42. The van der Waals surface area contributed by atoms with Crippen molar-refractivity contribution in [2.45, 2.75) is 39.3 Å². The molecule has 0 spiro atoms. The standard InChI is InChI=1S/C13H24N4O/c1-10-8-11(15-12(9-18)14-10)16-13(2,3)6-7-17(4)5/h8,18H,6-7,9H2,1-5H3,(H,14,15,16). The molecule has 0 unspecified atom stereocenters. The molecule has 0 radical (unpaired) electrons. The monoisotopic (exact) mass is 252 g/mol. The number of hydrogen-bond donors (Lipinski definition) is 2. The molecular formula is C13H24N4O. The first-order chi connectivity index (χ1) is 8.32. The summed E-state index contributed by atoms with van der Waals surface area (Å²) in [6.07, 6.45) is 1.01. The summed E-state index contributed by atoms with van der Waals surface area (Å²) >= 11 is 0. The second-order valence-electron chi connectivity index (χ2n) is 5.53. The van der Waals surface area contributed by atoms with E-state index in [4.69, 9.17) is 5.11 Å². The van der Waals surface area contributed by atoms with E-state index < -0.39 is 0 Å². The number of anilines is 1. The van der Waals surface area contributed by atoms with Gasteiger partial charge in [0, 0.05) is 17.3 Å². The Morgan fingerprint density at radius 3 is 2.56 bits per heavy atom. The number of hydrogen-bond acceptors (Lipinski definition) is 5. The van der Waals surface area contributed by atoms with Crippen LogP contribution in [0.2, 0.25) is 0 Å². The molecule has 0 atom stereocenters. The Morgan fingerprint density at radius 1 is 1.33 bits per heavy atom. The molecule has 1 rings (SSSR count). The van der Waals surface area contributed by atoms with E-state index in [2.05, 4.69) is 48.1 Å². The van der Waals surface area contributed by atoms with Crippen LogP contribution in [0.15, 0.2) is 6.07 Å². The summed E-state index contributed by atoms with van der Waals surface area (Å²) in [5.74, 6) is 1.23. The van der Waals surface area contributed by atoms with E-state index in [0.29, 0.717) is 5.82 Å². The van der Waals surface area contributed by atoms with Crippen LogP contribution in [-0.4, -0.2) is 46.2 Å². The Hall–Kier alpha value is -1.20. The first kappa shape index (κ1) is 14.9. The minimum absolute atomic E-state index is 0.0439. The quantitative estimate of drug-likeness (QED) is 0.802. The summed E-state index contributed by atoms with van der Waals surface area (Å²) in [4.78, 5) is 10.6. The fourth-order valence-electron chi connectivity index (χ4n) is 1.68. The second-order valence-corrected chi connectivity index (χ2v) is 5.53. The molecule has 0 aliphatic heterocycles. The number of rotatable bonds is 6. The van der Waals surface area contributed by atoms with Crippen LogP contribution >= 0.6 is 0 Å². The van der Waals surface area contributed by atoms with Crippen molar-refractivity contribution >= 4 is 5.82 Å². The van der Waals surface area contributed by atoms with Crippen LogP contribution in [0.4, 0.5) is 5.82 Å². The van der Waals surface area contributed by atoms with Crippen molar-refractivity contribution in [2.75, 3.05) is 26.0 Å². The first-order valence-electron chi connectivity index (χ1n) is 6.21. The molecule has 5 heteroatoms. The summed E-state index contributed by atoms with van der Waals surface area (Å²) < 4.78 is 0. The highest BCUT2D eigenvalue weighted by Crippen LogP contribution is 2.17. The van der Waals surface area contributed by atoms with Gasteiger partial charge in [-0.3, -0.25) is 0 Å². The van der Waals surface area contributed by atoms with Crippen molar-refractivity contribution < 1.29 is 5.11 Å². The Balaban J connectivity index is 2.73. The van der Waals surface area contributed by atoms with E-state index >= 15 is 0 Å². The highest BCUT2D eigenvalue weighted by atomic mass is 16.3. The Morgan fingerprint density at radius 2 is 2.00 bits per heavy atom. The number of aliphatic hydroxyl groups is 1. The number of nitrogens with one attached hydrogen (secondary N) is 1. The van der Waals surface area contributed by atoms with Crippen LogP contribution in [0.25, 0.3) is 0 Å². The average Bonchev–Trinajstić information content (AvgIpc) is 2.25. The smallest absolute Gasteiger partial charge is 0.156 e. The van der Waals surface area contributed by atoms with Gasteiger partial charge in [0.2, 0.25) is 0 Å². The molecule has 1 aromatic rings. The highest BCUT2D eigenvalue weighted by Gasteiger charge is 2.18. The summed E-state index contributed by atoms with van der Waals surface area (Å²) in [6.45, 7) is 7.07. The molecule has 18 heavy (non-hydrogen) atoms. The van der Waals surface area contributed by atoms with E-state index in [1.54, 1.807) is 0 Å². The third-order valence-corrected chi connectivity index (χ3v) is 2.69. The molecule has 0 aliphatic carbocycles. The first-order valence-corrected chi connectivity index (χ1v) is 6.21. The molecule has 5 nitrogen and oxygen atoms in total. The zero-order chi connectivity index (χ0) is 13.8. The van der Waals surface area contributed by atoms with Crippen LogP contribution in [0.5, 0.6) is 0 Å². The molecule has 1 heterocycles. The summed E-state index contributed by atoms with van der Waals surface area (Å²) in [5, 5.41) is 12.5. The van der Waals surface area contributed by atoms with Gasteiger partial charge >= 0.3 is 0 Å². The van der Waals surface area contributed by atoms with Crippen LogP contribution in [0.3, 0.4) is 0 Å². The van der Waals surface area contributed by atoms with Crippen LogP contribution < -0.4 is 5.32 Å². The van der Waals surface area contributed by atoms with Crippen molar-refractivity contribution in [3.8, 4) is 0 Å². The van der Waals surface area contributed by atoms with Gasteiger partial charge in [0.1, 0.15) is 12.4 Å². The van der Waals surface area contributed by atoms with E-state index in [-0.39, 0.29) is 12.1 Å². The molecule has 0 bridgehead atoms. The van der Waals surface area contributed by atoms with Gasteiger partial charge in [0.15, 0.2) is 5.82 Å². The van der Waals surface area contributed by atoms with Gasteiger partial charge in [-0.25, -0.2) is 9.97 Å². The zero-order valence-electron chi connectivity index (χ0n) is 12.0. The van der Waals surface area contributed by atoms with Crippen LogP contribution in [0, 0.1) is 6.92 Å². The second kappa shape index (κ2) is 6.11. The van der Waals surface area contributed by atoms with Gasteiger partial charge in [-0.15, -0.1) is 0 Å². The summed E-state index contributed by atoms with van der Waals surface area (Å²) in [7, 11) is 4.13. The molecule has 0 saturated carbocycles. The lowest BCUT2D eigenvalue weighted by molar-refractivity contribution is 0.271. The lowest BCUT2D eigenvalue weighted by Crippen LogP contribution is -2.35. The minimum Gasteiger partial charge on any atom is -0.388 e. The Kier molecular flexibility index (Phi) is 5.04. The average molecular weight is 252 g/mol. The zero-order valence-corrected chi connectivity index (χ0v) is 12.0. The number of aliphatic hydroxyl groups excluding tert-OH is 1. The van der Waals surface area contributed by atoms with Crippen molar-refractivity contribution in [2.24, 2.45) is 0 Å².